The zero-order valence-corrected chi connectivity index (χ0v) is 9.14. The van der Waals surface area contributed by atoms with Gasteiger partial charge in [-0.25, -0.2) is 0 Å². The molecule has 0 aromatic rings. The third-order valence-electron chi connectivity index (χ3n) is 1.70. The molecule has 0 atom stereocenters. The quantitative estimate of drug-likeness (QED) is 0.492. The van der Waals surface area contributed by atoms with E-state index in [1.54, 1.807) is 0 Å². The summed E-state index contributed by atoms with van der Waals surface area (Å²) >= 11 is 0. The van der Waals surface area contributed by atoms with Gasteiger partial charge in [-0.15, -0.1) is 0 Å². The number of carbonyl (C=O) groups is 3. The van der Waals surface area contributed by atoms with E-state index < -0.39 is 17.8 Å². The molecule has 0 spiro atoms. The molecule has 0 radical (unpaired) electrons. The molecule has 0 aliphatic heterocycles. The zero-order chi connectivity index (χ0) is 12.6. The molecule has 6 nitrogen and oxygen atoms in total. The first-order valence-electron chi connectivity index (χ1n) is 4.69. The van der Waals surface area contributed by atoms with Gasteiger partial charge in [0.05, 0.1) is 6.42 Å². The Morgan fingerprint density at radius 3 is 2.50 bits per heavy atom. The molecule has 16 heavy (non-hydrogen) atoms. The number of likely N-dealkylation sites (N-methyl/N-ethyl adjacent to an activating group) is 1. The van der Waals surface area contributed by atoms with E-state index in [-0.39, 0.29) is 26.0 Å². The van der Waals surface area contributed by atoms with Gasteiger partial charge < -0.3 is 14.7 Å². The topological polar surface area (TPSA) is 83.9 Å². The summed E-state index contributed by atoms with van der Waals surface area (Å²) in [6.07, 6.45) is 1.31. The summed E-state index contributed by atoms with van der Waals surface area (Å²) in [4.78, 5) is 33.6. The van der Waals surface area contributed by atoms with Gasteiger partial charge >= 0.3 is 11.9 Å². The Kier molecular flexibility index (Phi) is 6.58. The van der Waals surface area contributed by atoms with Crippen LogP contribution >= 0.6 is 0 Å². The standard InChI is InChI=1S/C10H15NO5/c1-3-6-16-10(15)5-4-8(12)11(2)7-9(13)14/h3H,1,4-7H2,2H3,(H,13,14). The van der Waals surface area contributed by atoms with Crippen molar-refractivity contribution >= 4 is 17.8 Å². The van der Waals surface area contributed by atoms with Crippen molar-refractivity contribution in [2.45, 2.75) is 12.8 Å². The lowest BCUT2D eigenvalue weighted by molar-refractivity contribution is -0.146. The Labute approximate surface area is 93.5 Å². The van der Waals surface area contributed by atoms with E-state index >= 15 is 0 Å². The van der Waals surface area contributed by atoms with Crippen molar-refractivity contribution in [3.05, 3.63) is 12.7 Å². The molecular formula is C10H15NO5. The van der Waals surface area contributed by atoms with Crippen LogP contribution in [0.25, 0.3) is 0 Å². The maximum absolute atomic E-state index is 11.3. The number of ether oxygens (including phenoxy) is 1. The molecule has 0 aromatic heterocycles. The lowest BCUT2D eigenvalue weighted by Crippen LogP contribution is -2.32. The highest BCUT2D eigenvalue weighted by molar-refractivity contribution is 5.84. The molecule has 1 N–H and O–H groups in total. The van der Waals surface area contributed by atoms with Crippen LogP contribution in [0.3, 0.4) is 0 Å². The van der Waals surface area contributed by atoms with Crippen molar-refractivity contribution in [2.75, 3.05) is 20.2 Å². The Balaban J connectivity index is 3.83. The fourth-order valence-corrected chi connectivity index (χ4v) is 0.915. The normalized spacial score (nSPS) is 9.31. The lowest BCUT2D eigenvalue weighted by Gasteiger charge is -2.13. The van der Waals surface area contributed by atoms with Gasteiger partial charge in [-0.1, -0.05) is 12.7 Å². The van der Waals surface area contributed by atoms with Gasteiger partial charge in [0.25, 0.3) is 0 Å². The molecule has 6 heteroatoms. The Bertz CT molecular complexity index is 287. The Morgan fingerprint density at radius 1 is 1.38 bits per heavy atom. The summed E-state index contributed by atoms with van der Waals surface area (Å²) in [6.45, 7) is 3.11. The van der Waals surface area contributed by atoms with Gasteiger partial charge in [0.15, 0.2) is 0 Å². The highest BCUT2D eigenvalue weighted by Gasteiger charge is 2.13. The number of rotatable bonds is 7. The van der Waals surface area contributed by atoms with Gasteiger partial charge in [0.2, 0.25) is 5.91 Å². The van der Waals surface area contributed by atoms with Gasteiger partial charge in [-0.05, 0) is 0 Å². The third kappa shape index (κ3) is 6.58. The molecule has 90 valence electrons. The van der Waals surface area contributed by atoms with Crippen LogP contribution in [0.4, 0.5) is 0 Å². The highest BCUT2D eigenvalue weighted by atomic mass is 16.5. The molecule has 0 heterocycles. The molecule has 1 amide bonds. The molecule has 0 aliphatic carbocycles. The molecule has 0 fully saturated rings. The third-order valence-corrected chi connectivity index (χ3v) is 1.70. The maximum Gasteiger partial charge on any atom is 0.323 e. The van der Waals surface area contributed by atoms with Crippen LogP contribution in [-0.4, -0.2) is 48.1 Å². The van der Waals surface area contributed by atoms with Crippen molar-refractivity contribution < 1.29 is 24.2 Å². The number of esters is 1. The van der Waals surface area contributed by atoms with E-state index in [0.29, 0.717) is 0 Å². The number of aliphatic carboxylic acids is 1. The van der Waals surface area contributed by atoms with Crippen LogP contribution in [0.1, 0.15) is 12.8 Å². The minimum Gasteiger partial charge on any atom is -0.480 e. The molecule has 0 rings (SSSR count). The van der Waals surface area contributed by atoms with Gasteiger partial charge in [0.1, 0.15) is 13.2 Å². The molecule has 0 bridgehead atoms. The number of amides is 1. The fraction of sp³-hybridized carbons (Fsp3) is 0.500. The average molecular weight is 229 g/mol. The fourth-order valence-electron chi connectivity index (χ4n) is 0.915. The number of carboxylic acid groups (broad SMARTS) is 1. The van der Waals surface area contributed by atoms with E-state index in [2.05, 4.69) is 11.3 Å². The first-order valence-corrected chi connectivity index (χ1v) is 4.69. The van der Waals surface area contributed by atoms with Gasteiger partial charge in [0, 0.05) is 13.5 Å². The number of carbonyl (C=O) groups excluding carboxylic acids is 2. The second-order valence-electron chi connectivity index (χ2n) is 3.12. The van der Waals surface area contributed by atoms with Crippen molar-refractivity contribution in [1.82, 2.24) is 4.90 Å². The largest absolute Gasteiger partial charge is 0.480 e. The van der Waals surface area contributed by atoms with Gasteiger partial charge in [-0.3, -0.25) is 14.4 Å². The van der Waals surface area contributed by atoms with E-state index in [9.17, 15) is 14.4 Å². The van der Waals surface area contributed by atoms with Crippen molar-refractivity contribution in [3.8, 4) is 0 Å². The van der Waals surface area contributed by atoms with Crippen LogP contribution in [0.5, 0.6) is 0 Å². The monoisotopic (exact) mass is 229 g/mol. The summed E-state index contributed by atoms with van der Waals surface area (Å²) < 4.78 is 4.66. The van der Waals surface area contributed by atoms with E-state index in [1.807, 2.05) is 0 Å². The molecule has 0 unspecified atom stereocenters. The first kappa shape index (κ1) is 14.2. The lowest BCUT2D eigenvalue weighted by atomic mass is 10.3. The SMILES string of the molecule is C=CCOC(=O)CCC(=O)N(C)CC(=O)O. The number of nitrogens with zero attached hydrogens (tertiary/aromatic N) is 1. The second-order valence-corrected chi connectivity index (χ2v) is 3.12. The minimum absolute atomic E-state index is 0.0558. The van der Waals surface area contributed by atoms with Crippen LogP contribution in [0, 0.1) is 0 Å². The van der Waals surface area contributed by atoms with Crippen LogP contribution in [0.15, 0.2) is 12.7 Å². The minimum atomic E-state index is -1.09. The van der Waals surface area contributed by atoms with Crippen LogP contribution in [-0.2, 0) is 19.1 Å². The Hall–Kier alpha value is -1.85. The molecular weight excluding hydrogens is 214 g/mol. The first-order chi connectivity index (χ1) is 7.47. The molecule has 0 saturated carbocycles. The molecule has 0 aliphatic rings. The smallest absolute Gasteiger partial charge is 0.323 e. The Morgan fingerprint density at radius 2 is 2.00 bits per heavy atom. The zero-order valence-electron chi connectivity index (χ0n) is 9.14. The summed E-state index contributed by atoms with van der Waals surface area (Å²) in [6, 6.07) is 0. The highest BCUT2D eigenvalue weighted by Crippen LogP contribution is 1.98. The summed E-state index contributed by atoms with van der Waals surface area (Å²) in [5, 5.41) is 8.43. The van der Waals surface area contributed by atoms with Gasteiger partial charge in [-0.2, -0.15) is 0 Å². The summed E-state index contributed by atoms with van der Waals surface area (Å²) in [7, 11) is 1.37. The van der Waals surface area contributed by atoms with Crippen molar-refractivity contribution in [1.29, 1.82) is 0 Å². The predicted octanol–water partition coefficient (Wildman–Crippen LogP) is 0.0388. The van der Waals surface area contributed by atoms with Crippen molar-refractivity contribution in [3.63, 3.8) is 0 Å². The van der Waals surface area contributed by atoms with Crippen LogP contribution in [0.2, 0.25) is 0 Å². The summed E-state index contributed by atoms with van der Waals surface area (Å²) in [5.74, 6) is -2.00. The van der Waals surface area contributed by atoms with E-state index in [0.717, 1.165) is 4.90 Å². The molecule has 0 saturated heterocycles. The summed E-state index contributed by atoms with van der Waals surface area (Å²) in [5.41, 5.74) is 0. The number of hydrogen-bond acceptors (Lipinski definition) is 4. The maximum atomic E-state index is 11.3. The van der Waals surface area contributed by atoms with Crippen LogP contribution < -0.4 is 0 Å². The van der Waals surface area contributed by atoms with Crippen molar-refractivity contribution in [2.24, 2.45) is 0 Å². The number of carboxylic acids is 1. The van der Waals surface area contributed by atoms with E-state index in [1.165, 1.54) is 13.1 Å². The molecule has 0 aromatic carbocycles. The predicted molar refractivity (Wildman–Crippen MR) is 55.7 cm³/mol. The average Bonchev–Trinajstić information content (AvgIpc) is 2.21. The van der Waals surface area contributed by atoms with E-state index in [4.69, 9.17) is 5.11 Å². The second kappa shape index (κ2) is 7.44. The number of hydrogen-bond donors (Lipinski definition) is 1.